The zero-order chi connectivity index (χ0) is 14.4. The highest BCUT2D eigenvalue weighted by molar-refractivity contribution is 5.75. The van der Waals surface area contributed by atoms with Crippen LogP contribution < -0.4 is 5.32 Å². The van der Waals surface area contributed by atoms with E-state index in [2.05, 4.69) is 19.2 Å². The van der Waals surface area contributed by atoms with Crippen LogP contribution in [0, 0.1) is 5.41 Å². The van der Waals surface area contributed by atoms with Crippen LogP contribution in [0.4, 0.5) is 0 Å². The van der Waals surface area contributed by atoms with Gasteiger partial charge in [0.2, 0.25) is 0 Å². The molecule has 1 N–H and O–H groups in total. The summed E-state index contributed by atoms with van der Waals surface area (Å²) in [7, 11) is 1.70. The summed E-state index contributed by atoms with van der Waals surface area (Å²) >= 11 is 0. The molecule has 0 fully saturated rings. The number of hydrogen-bond acceptors (Lipinski definition) is 4. The Bertz CT molecular complexity index is 256. The minimum Gasteiger partial charge on any atom is -0.459 e. The highest BCUT2D eigenvalue weighted by Crippen LogP contribution is 2.19. The maximum absolute atomic E-state index is 11.8. The Hall–Kier alpha value is -0.610. The van der Waals surface area contributed by atoms with E-state index >= 15 is 0 Å². The molecule has 0 radical (unpaired) electrons. The van der Waals surface area contributed by atoms with Gasteiger partial charge in [-0.25, -0.2) is 0 Å². The van der Waals surface area contributed by atoms with E-state index in [1.807, 2.05) is 27.7 Å². The fourth-order valence-electron chi connectivity index (χ4n) is 1.37. The summed E-state index contributed by atoms with van der Waals surface area (Å²) in [5, 5.41) is 3.22. The van der Waals surface area contributed by atoms with Gasteiger partial charge in [-0.05, 0) is 39.5 Å². The van der Waals surface area contributed by atoms with Crippen LogP contribution in [-0.2, 0) is 14.3 Å². The zero-order valence-corrected chi connectivity index (χ0v) is 12.9. The lowest BCUT2D eigenvalue weighted by Gasteiger charge is -2.28. The van der Waals surface area contributed by atoms with Crippen LogP contribution in [-0.4, -0.2) is 37.9 Å². The molecule has 0 heterocycles. The van der Waals surface area contributed by atoms with E-state index in [9.17, 15) is 4.79 Å². The van der Waals surface area contributed by atoms with E-state index < -0.39 is 5.60 Å². The van der Waals surface area contributed by atoms with Crippen molar-refractivity contribution in [3.05, 3.63) is 0 Å². The molecule has 0 aromatic carbocycles. The molecule has 1 atom stereocenters. The number of carbonyl (C=O) groups excluding carboxylic acids is 1. The molecule has 0 bridgehead atoms. The van der Waals surface area contributed by atoms with Crippen LogP contribution in [0.25, 0.3) is 0 Å². The van der Waals surface area contributed by atoms with Crippen molar-refractivity contribution in [3.63, 3.8) is 0 Å². The summed E-state index contributed by atoms with van der Waals surface area (Å²) in [6.07, 6.45) is 0.956. The average molecular weight is 259 g/mol. The average Bonchev–Trinajstić information content (AvgIpc) is 2.21. The van der Waals surface area contributed by atoms with Crippen LogP contribution >= 0.6 is 0 Å². The standard InChI is InChI=1S/C14H29NO3/c1-11(12(16)18-13(2,3)4)15-10-14(5,6)8-9-17-7/h11,15H,8-10H2,1-7H3. The van der Waals surface area contributed by atoms with Crippen molar-refractivity contribution < 1.29 is 14.3 Å². The third-order valence-electron chi connectivity index (χ3n) is 2.63. The maximum atomic E-state index is 11.8. The molecule has 0 aromatic rings. The van der Waals surface area contributed by atoms with E-state index in [0.717, 1.165) is 19.6 Å². The van der Waals surface area contributed by atoms with Crippen LogP contribution in [0.15, 0.2) is 0 Å². The van der Waals surface area contributed by atoms with Crippen molar-refractivity contribution in [3.8, 4) is 0 Å². The van der Waals surface area contributed by atoms with E-state index in [1.165, 1.54) is 0 Å². The largest absolute Gasteiger partial charge is 0.459 e. The van der Waals surface area contributed by atoms with Gasteiger partial charge in [-0.2, -0.15) is 0 Å². The molecule has 0 saturated carbocycles. The highest BCUT2D eigenvalue weighted by Gasteiger charge is 2.24. The third-order valence-corrected chi connectivity index (χ3v) is 2.63. The molecule has 108 valence electrons. The van der Waals surface area contributed by atoms with Gasteiger partial charge in [0.1, 0.15) is 11.6 Å². The Morgan fingerprint density at radius 2 is 1.78 bits per heavy atom. The minimum absolute atomic E-state index is 0.103. The smallest absolute Gasteiger partial charge is 0.323 e. The van der Waals surface area contributed by atoms with Gasteiger partial charge in [0.15, 0.2) is 0 Å². The molecule has 0 aromatic heterocycles. The van der Waals surface area contributed by atoms with Crippen LogP contribution in [0.3, 0.4) is 0 Å². The van der Waals surface area contributed by atoms with E-state index in [4.69, 9.17) is 9.47 Å². The van der Waals surface area contributed by atoms with Crippen LogP contribution in [0.5, 0.6) is 0 Å². The zero-order valence-electron chi connectivity index (χ0n) is 12.9. The van der Waals surface area contributed by atoms with Crippen molar-refractivity contribution in [2.24, 2.45) is 5.41 Å². The molecule has 0 spiro atoms. The Morgan fingerprint density at radius 1 is 1.22 bits per heavy atom. The second-order valence-electron chi connectivity index (χ2n) is 6.54. The molecular formula is C14H29NO3. The second-order valence-corrected chi connectivity index (χ2v) is 6.54. The first-order chi connectivity index (χ1) is 8.07. The lowest BCUT2D eigenvalue weighted by Crippen LogP contribution is -2.43. The molecule has 0 rings (SSSR count). The van der Waals surface area contributed by atoms with Gasteiger partial charge in [0, 0.05) is 20.3 Å². The Kier molecular flexibility index (Phi) is 6.86. The monoisotopic (exact) mass is 259 g/mol. The van der Waals surface area contributed by atoms with Crippen LogP contribution in [0.1, 0.15) is 48.0 Å². The van der Waals surface area contributed by atoms with Crippen molar-refractivity contribution >= 4 is 5.97 Å². The number of esters is 1. The van der Waals surface area contributed by atoms with E-state index in [-0.39, 0.29) is 17.4 Å². The molecule has 0 amide bonds. The third kappa shape index (κ3) is 8.48. The summed E-state index contributed by atoms with van der Waals surface area (Å²) in [6, 6.07) is -0.286. The molecule has 4 heteroatoms. The second kappa shape index (κ2) is 7.10. The fourth-order valence-corrected chi connectivity index (χ4v) is 1.37. The quantitative estimate of drug-likeness (QED) is 0.713. The minimum atomic E-state index is -0.432. The number of hydrogen-bond donors (Lipinski definition) is 1. The lowest BCUT2D eigenvalue weighted by molar-refractivity contribution is -0.157. The molecule has 0 aliphatic heterocycles. The maximum Gasteiger partial charge on any atom is 0.323 e. The molecule has 1 unspecified atom stereocenters. The number of ether oxygens (including phenoxy) is 2. The van der Waals surface area contributed by atoms with Gasteiger partial charge in [-0.1, -0.05) is 13.8 Å². The van der Waals surface area contributed by atoms with Crippen molar-refractivity contribution in [1.29, 1.82) is 0 Å². The van der Waals surface area contributed by atoms with Crippen molar-refractivity contribution in [2.75, 3.05) is 20.3 Å². The molecule has 4 nitrogen and oxygen atoms in total. The fraction of sp³-hybridized carbons (Fsp3) is 0.929. The Labute approximate surface area is 111 Å². The molecule has 0 aliphatic rings. The summed E-state index contributed by atoms with van der Waals surface area (Å²) in [5.41, 5.74) is -0.328. The summed E-state index contributed by atoms with van der Waals surface area (Å²) < 4.78 is 10.4. The van der Waals surface area contributed by atoms with Gasteiger partial charge in [-0.15, -0.1) is 0 Å². The molecule has 0 aliphatic carbocycles. The lowest BCUT2D eigenvalue weighted by atomic mass is 9.89. The van der Waals surface area contributed by atoms with Crippen molar-refractivity contribution in [1.82, 2.24) is 5.32 Å². The van der Waals surface area contributed by atoms with E-state index in [0.29, 0.717) is 0 Å². The predicted octanol–water partition coefficient (Wildman–Crippen LogP) is 2.37. The Balaban J connectivity index is 4.09. The normalized spacial score (nSPS) is 14.4. The summed E-state index contributed by atoms with van der Waals surface area (Å²) in [4.78, 5) is 11.8. The first-order valence-electron chi connectivity index (χ1n) is 6.52. The van der Waals surface area contributed by atoms with Crippen LogP contribution in [0.2, 0.25) is 0 Å². The van der Waals surface area contributed by atoms with E-state index in [1.54, 1.807) is 7.11 Å². The van der Waals surface area contributed by atoms with Gasteiger partial charge < -0.3 is 14.8 Å². The topological polar surface area (TPSA) is 47.6 Å². The number of carbonyl (C=O) groups is 1. The molecular weight excluding hydrogens is 230 g/mol. The number of rotatable bonds is 7. The number of nitrogens with one attached hydrogen (secondary N) is 1. The van der Waals surface area contributed by atoms with Gasteiger partial charge in [0.25, 0.3) is 0 Å². The SMILES string of the molecule is COCCC(C)(C)CNC(C)C(=O)OC(C)(C)C. The first kappa shape index (κ1) is 17.4. The van der Waals surface area contributed by atoms with Crippen molar-refractivity contribution in [2.45, 2.75) is 59.6 Å². The molecule has 18 heavy (non-hydrogen) atoms. The van der Waals surface area contributed by atoms with Gasteiger partial charge in [-0.3, -0.25) is 4.79 Å². The summed E-state index contributed by atoms with van der Waals surface area (Å²) in [5.74, 6) is -0.204. The Morgan fingerprint density at radius 3 is 2.22 bits per heavy atom. The number of methoxy groups -OCH3 is 1. The highest BCUT2D eigenvalue weighted by atomic mass is 16.6. The summed E-state index contributed by atoms with van der Waals surface area (Å²) in [6.45, 7) is 13.3. The first-order valence-corrected chi connectivity index (χ1v) is 6.52. The predicted molar refractivity (Wildman–Crippen MR) is 73.6 cm³/mol. The molecule has 0 saturated heterocycles. The van der Waals surface area contributed by atoms with Gasteiger partial charge in [0.05, 0.1) is 0 Å². The van der Waals surface area contributed by atoms with Gasteiger partial charge >= 0.3 is 5.97 Å².